The molecule has 6 nitrogen and oxygen atoms in total. The Balaban J connectivity index is 2.13. The first-order valence-electron chi connectivity index (χ1n) is 5.60. The first kappa shape index (κ1) is 12.4. The summed E-state index contributed by atoms with van der Waals surface area (Å²) in [5, 5.41) is 3.00. The highest BCUT2D eigenvalue weighted by atomic mass is 32.2. The van der Waals surface area contributed by atoms with Crippen molar-refractivity contribution in [3.05, 3.63) is 18.0 Å². The van der Waals surface area contributed by atoms with E-state index in [4.69, 9.17) is 0 Å². The molecule has 0 bridgehead atoms. The smallest absolute Gasteiger partial charge is 0.276 e. The van der Waals surface area contributed by atoms with Gasteiger partial charge in [-0.1, -0.05) is 0 Å². The number of piperidine rings is 1. The lowest BCUT2D eigenvalue weighted by molar-refractivity contribution is 0.427. The van der Waals surface area contributed by atoms with Gasteiger partial charge in [0.2, 0.25) is 0 Å². The van der Waals surface area contributed by atoms with Gasteiger partial charge >= 0.3 is 0 Å². The van der Waals surface area contributed by atoms with Crippen LogP contribution in [0.15, 0.2) is 17.4 Å². The molecule has 2 heterocycles. The second kappa shape index (κ2) is 5.07. The molecule has 0 aromatic carbocycles. The third kappa shape index (κ3) is 3.21. The minimum absolute atomic E-state index is 0.0714. The minimum Gasteiger partial charge on any atom is -0.315 e. The maximum absolute atomic E-state index is 12.0. The van der Waals surface area contributed by atoms with E-state index < -0.39 is 10.0 Å². The number of nitrogens with zero attached hydrogens (tertiary/aromatic N) is 2. The zero-order valence-corrected chi connectivity index (χ0v) is 10.5. The molecule has 1 atom stereocenters. The van der Waals surface area contributed by atoms with Crippen LogP contribution in [0, 0.1) is 6.92 Å². The van der Waals surface area contributed by atoms with Crippen molar-refractivity contribution in [2.75, 3.05) is 13.1 Å². The molecular weight excluding hydrogens is 240 g/mol. The van der Waals surface area contributed by atoms with E-state index in [1.165, 1.54) is 6.20 Å². The lowest BCUT2D eigenvalue weighted by atomic mass is 10.1. The fourth-order valence-corrected chi connectivity index (χ4v) is 2.99. The molecule has 94 valence electrons. The standard InChI is InChI=1S/C10H16N4O2S/c1-8-4-6-12-10(13-8)17(15,16)14-9-3-2-5-11-7-9/h4,6,9,11,14H,2-3,5,7H2,1H3. The summed E-state index contributed by atoms with van der Waals surface area (Å²) in [7, 11) is -3.59. The molecule has 2 rings (SSSR count). The van der Waals surface area contributed by atoms with Gasteiger partial charge in [-0.2, -0.15) is 0 Å². The first-order chi connectivity index (χ1) is 8.08. The van der Waals surface area contributed by atoms with Gasteiger partial charge in [-0.05, 0) is 32.4 Å². The lowest BCUT2D eigenvalue weighted by Crippen LogP contribution is -2.45. The Kier molecular flexibility index (Phi) is 3.70. The molecule has 0 saturated carbocycles. The Morgan fingerprint density at radius 2 is 2.35 bits per heavy atom. The number of rotatable bonds is 3. The van der Waals surface area contributed by atoms with Gasteiger partial charge < -0.3 is 5.32 Å². The highest BCUT2D eigenvalue weighted by molar-refractivity contribution is 7.89. The van der Waals surface area contributed by atoms with Crippen LogP contribution in [-0.4, -0.2) is 37.5 Å². The van der Waals surface area contributed by atoms with Crippen molar-refractivity contribution in [2.45, 2.75) is 31.0 Å². The summed E-state index contributed by atoms with van der Waals surface area (Å²) < 4.78 is 26.6. The van der Waals surface area contributed by atoms with Crippen LogP contribution in [0.25, 0.3) is 0 Å². The van der Waals surface area contributed by atoms with E-state index in [2.05, 4.69) is 20.0 Å². The number of sulfonamides is 1. The van der Waals surface area contributed by atoms with Gasteiger partial charge in [0.05, 0.1) is 0 Å². The van der Waals surface area contributed by atoms with Crippen molar-refractivity contribution in [1.82, 2.24) is 20.0 Å². The number of nitrogens with one attached hydrogen (secondary N) is 2. The first-order valence-corrected chi connectivity index (χ1v) is 7.09. The Labute approximate surface area is 101 Å². The average Bonchev–Trinajstić information content (AvgIpc) is 2.30. The second-order valence-electron chi connectivity index (χ2n) is 4.15. The zero-order chi connectivity index (χ0) is 12.3. The Hall–Kier alpha value is -1.05. The number of hydrogen-bond donors (Lipinski definition) is 2. The van der Waals surface area contributed by atoms with Gasteiger partial charge in [0.15, 0.2) is 0 Å². The summed E-state index contributed by atoms with van der Waals surface area (Å²) in [6.07, 6.45) is 3.27. The summed E-state index contributed by atoms with van der Waals surface area (Å²) in [4.78, 5) is 7.72. The second-order valence-corrected chi connectivity index (χ2v) is 5.75. The van der Waals surface area contributed by atoms with E-state index in [1.807, 2.05) is 0 Å². The van der Waals surface area contributed by atoms with Crippen LogP contribution < -0.4 is 10.0 Å². The Morgan fingerprint density at radius 1 is 1.53 bits per heavy atom. The van der Waals surface area contributed by atoms with Crippen molar-refractivity contribution in [3.8, 4) is 0 Å². The van der Waals surface area contributed by atoms with Gasteiger partial charge in [-0.15, -0.1) is 0 Å². The topological polar surface area (TPSA) is 84.0 Å². The average molecular weight is 256 g/mol. The van der Waals surface area contributed by atoms with Crippen molar-refractivity contribution < 1.29 is 8.42 Å². The number of aromatic nitrogens is 2. The molecule has 1 aliphatic heterocycles. The minimum atomic E-state index is -3.59. The predicted octanol–water partition coefficient (Wildman–Crippen LogP) is -0.185. The lowest BCUT2D eigenvalue weighted by Gasteiger charge is -2.23. The van der Waals surface area contributed by atoms with E-state index in [1.54, 1.807) is 13.0 Å². The molecule has 1 aliphatic rings. The van der Waals surface area contributed by atoms with E-state index in [0.29, 0.717) is 12.2 Å². The summed E-state index contributed by atoms with van der Waals surface area (Å²) in [5.41, 5.74) is 0.641. The molecule has 0 aliphatic carbocycles. The molecule has 1 aromatic heterocycles. The van der Waals surface area contributed by atoms with Crippen molar-refractivity contribution >= 4 is 10.0 Å². The highest BCUT2D eigenvalue weighted by Crippen LogP contribution is 2.07. The summed E-state index contributed by atoms with van der Waals surface area (Å²) in [5.74, 6) is 0. The van der Waals surface area contributed by atoms with Crippen LogP contribution in [0.4, 0.5) is 0 Å². The molecule has 1 fully saturated rings. The Morgan fingerprint density at radius 3 is 3.00 bits per heavy atom. The molecule has 2 N–H and O–H groups in total. The fraction of sp³-hybridized carbons (Fsp3) is 0.600. The van der Waals surface area contributed by atoms with Gasteiger partial charge in [-0.25, -0.2) is 23.1 Å². The van der Waals surface area contributed by atoms with Gasteiger partial charge in [-0.3, -0.25) is 0 Å². The molecule has 1 aromatic rings. The molecule has 17 heavy (non-hydrogen) atoms. The van der Waals surface area contributed by atoms with Crippen molar-refractivity contribution in [2.24, 2.45) is 0 Å². The fourth-order valence-electron chi connectivity index (χ4n) is 1.78. The van der Waals surface area contributed by atoms with Gasteiger partial charge in [0.1, 0.15) is 0 Å². The number of aryl methyl sites for hydroxylation is 1. The van der Waals surface area contributed by atoms with Crippen LogP contribution >= 0.6 is 0 Å². The Bertz CT molecular complexity index is 483. The van der Waals surface area contributed by atoms with Crippen LogP contribution in [0.3, 0.4) is 0 Å². The monoisotopic (exact) mass is 256 g/mol. The van der Waals surface area contributed by atoms with Crippen LogP contribution in [0.2, 0.25) is 0 Å². The molecule has 0 spiro atoms. The van der Waals surface area contributed by atoms with E-state index in [9.17, 15) is 8.42 Å². The highest BCUT2D eigenvalue weighted by Gasteiger charge is 2.23. The van der Waals surface area contributed by atoms with Crippen LogP contribution in [0.1, 0.15) is 18.5 Å². The quantitative estimate of drug-likeness (QED) is 0.733. The molecule has 7 heteroatoms. The van der Waals surface area contributed by atoms with E-state index >= 15 is 0 Å². The van der Waals surface area contributed by atoms with E-state index in [0.717, 1.165) is 19.4 Å². The maximum Gasteiger partial charge on any atom is 0.276 e. The summed E-state index contributed by atoms with van der Waals surface area (Å²) >= 11 is 0. The van der Waals surface area contributed by atoms with Crippen LogP contribution in [-0.2, 0) is 10.0 Å². The van der Waals surface area contributed by atoms with Crippen molar-refractivity contribution in [3.63, 3.8) is 0 Å². The largest absolute Gasteiger partial charge is 0.315 e. The predicted molar refractivity (Wildman–Crippen MR) is 63.0 cm³/mol. The third-order valence-electron chi connectivity index (χ3n) is 2.63. The summed E-state index contributed by atoms with van der Waals surface area (Å²) in [6, 6.07) is 1.60. The van der Waals surface area contributed by atoms with Crippen molar-refractivity contribution in [1.29, 1.82) is 0 Å². The van der Waals surface area contributed by atoms with Gasteiger partial charge in [0.25, 0.3) is 15.2 Å². The zero-order valence-electron chi connectivity index (χ0n) is 9.68. The normalized spacial score (nSPS) is 21.4. The maximum atomic E-state index is 12.0. The molecule has 0 radical (unpaired) electrons. The summed E-state index contributed by atoms with van der Waals surface area (Å²) in [6.45, 7) is 3.34. The van der Waals surface area contributed by atoms with E-state index in [-0.39, 0.29) is 11.2 Å². The SMILES string of the molecule is Cc1ccnc(S(=O)(=O)NC2CCCNC2)n1. The molecule has 0 amide bonds. The van der Waals surface area contributed by atoms with Crippen LogP contribution in [0.5, 0.6) is 0 Å². The van der Waals surface area contributed by atoms with Gasteiger partial charge in [0, 0.05) is 24.5 Å². The molecular formula is C10H16N4O2S. The third-order valence-corrected chi connectivity index (χ3v) is 3.95. The molecule has 1 unspecified atom stereocenters. The molecule has 1 saturated heterocycles. The number of hydrogen-bond acceptors (Lipinski definition) is 5.